The Morgan fingerprint density at radius 3 is 2.32 bits per heavy atom. The molecule has 0 radical (unpaired) electrons. The summed E-state index contributed by atoms with van der Waals surface area (Å²) in [6.45, 7) is 0. The van der Waals surface area contributed by atoms with Gasteiger partial charge >= 0.3 is 0 Å². The van der Waals surface area contributed by atoms with E-state index >= 15 is 0 Å². The zero-order chi connectivity index (χ0) is 14.2. The molecule has 1 aromatic heterocycles. The van der Waals surface area contributed by atoms with Gasteiger partial charge in [0.15, 0.2) is 9.84 Å². The first-order valence-electron chi connectivity index (χ1n) is 5.02. The summed E-state index contributed by atoms with van der Waals surface area (Å²) in [6, 6.07) is 5.01. The molecule has 0 saturated carbocycles. The van der Waals surface area contributed by atoms with Gasteiger partial charge in [-0.15, -0.1) is 11.3 Å². The molecule has 19 heavy (non-hydrogen) atoms. The van der Waals surface area contributed by atoms with Crippen molar-refractivity contribution in [1.29, 1.82) is 5.26 Å². The number of nitrogens with zero attached hydrogens (tertiary/aromatic N) is 1. The third-order valence-corrected chi connectivity index (χ3v) is 5.28. The lowest BCUT2D eigenvalue weighted by Crippen LogP contribution is -1.97. The molecule has 0 amide bonds. The highest BCUT2D eigenvalue weighted by atomic mass is 32.2. The third-order valence-electron chi connectivity index (χ3n) is 2.44. The second kappa shape index (κ2) is 4.72. The zero-order valence-electron chi connectivity index (χ0n) is 9.65. The van der Waals surface area contributed by atoms with E-state index in [1.807, 2.05) is 0 Å². The van der Waals surface area contributed by atoms with Crippen molar-refractivity contribution in [3.05, 3.63) is 40.8 Å². The summed E-state index contributed by atoms with van der Waals surface area (Å²) in [7, 11) is -3.61. The lowest BCUT2D eigenvalue weighted by atomic mass is 10.0. The molecule has 7 heteroatoms. The average molecular weight is 299 g/mol. The number of sulfone groups is 1. The SMILES string of the molecule is CS(=O)(=O)c1scc(-c2c(F)cccc2F)c1C#N. The molecule has 1 heterocycles. The fourth-order valence-electron chi connectivity index (χ4n) is 1.66. The van der Waals surface area contributed by atoms with E-state index in [-0.39, 0.29) is 20.9 Å². The van der Waals surface area contributed by atoms with E-state index in [1.54, 1.807) is 6.07 Å². The van der Waals surface area contributed by atoms with E-state index in [1.165, 1.54) is 11.4 Å². The highest BCUT2D eigenvalue weighted by Crippen LogP contribution is 2.36. The summed E-state index contributed by atoms with van der Waals surface area (Å²) >= 11 is 0.776. The highest BCUT2D eigenvalue weighted by Gasteiger charge is 2.23. The summed E-state index contributed by atoms with van der Waals surface area (Å²) in [5.74, 6) is -1.68. The molecule has 3 nitrogen and oxygen atoms in total. The normalized spacial score (nSPS) is 11.3. The van der Waals surface area contributed by atoms with Crippen molar-refractivity contribution in [1.82, 2.24) is 0 Å². The van der Waals surface area contributed by atoms with E-state index in [0.29, 0.717) is 0 Å². The predicted octanol–water partition coefficient (Wildman–Crippen LogP) is 2.97. The molecule has 0 unspecified atom stereocenters. The lowest BCUT2D eigenvalue weighted by Gasteiger charge is -2.03. The van der Waals surface area contributed by atoms with Crippen LogP contribution >= 0.6 is 11.3 Å². The zero-order valence-corrected chi connectivity index (χ0v) is 11.3. The molecular formula is C12H7F2NO2S2. The maximum absolute atomic E-state index is 13.7. The van der Waals surface area contributed by atoms with Gasteiger partial charge in [0.2, 0.25) is 0 Å². The molecule has 2 aromatic rings. The van der Waals surface area contributed by atoms with Gasteiger partial charge in [-0.05, 0) is 12.1 Å². The van der Waals surface area contributed by atoms with E-state index in [9.17, 15) is 17.2 Å². The van der Waals surface area contributed by atoms with Crippen LogP contribution in [-0.4, -0.2) is 14.7 Å². The number of rotatable bonds is 2. The fraction of sp³-hybridized carbons (Fsp3) is 0.0833. The molecule has 0 atom stereocenters. The minimum atomic E-state index is -3.61. The van der Waals surface area contributed by atoms with E-state index in [0.717, 1.165) is 29.7 Å². The standard InChI is InChI=1S/C12H7F2NO2S2/c1-19(16,17)12-7(5-15)8(6-18-12)11-9(13)3-2-4-10(11)14/h2-4,6H,1H3. The Hall–Kier alpha value is -1.78. The minimum Gasteiger partial charge on any atom is -0.223 e. The van der Waals surface area contributed by atoms with Crippen LogP contribution in [0.4, 0.5) is 8.78 Å². The molecule has 0 aliphatic rings. The molecule has 0 saturated heterocycles. The van der Waals surface area contributed by atoms with Crippen LogP contribution in [0.1, 0.15) is 5.56 Å². The average Bonchev–Trinajstić information content (AvgIpc) is 2.72. The largest absolute Gasteiger partial charge is 0.223 e. The second-order valence-corrected chi connectivity index (χ2v) is 6.88. The maximum Gasteiger partial charge on any atom is 0.186 e. The van der Waals surface area contributed by atoms with Crippen LogP contribution < -0.4 is 0 Å². The second-order valence-electron chi connectivity index (χ2n) is 3.79. The van der Waals surface area contributed by atoms with Crippen molar-refractivity contribution in [2.45, 2.75) is 4.21 Å². The summed E-state index contributed by atoms with van der Waals surface area (Å²) in [5.41, 5.74) is -0.648. The topological polar surface area (TPSA) is 57.9 Å². The van der Waals surface area contributed by atoms with Crippen molar-refractivity contribution in [2.24, 2.45) is 0 Å². The van der Waals surface area contributed by atoms with Crippen LogP contribution in [0.2, 0.25) is 0 Å². The van der Waals surface area contributed by atoms with Crippen LogP contribution in [0, 0.1) is 23.0 Å². The molecule has 0 spiro atoms. The molecule has 1 aromatic carbocycles. The number of hydrogen-bond acceptors (Lipinski definition) is 4. The van der Waals surface area contributed by atoms with Gasteiger partial charge in [-0.25, -0.2) is 17.2 Å². The Bertz CT molecular complexity index is 768. The van der Waals surface area contributed by atoms with Gasteiger partial charge in [0.25, 0.3) is 0 Å². The maximum atomic E-state index is 13.7. The molecule has 0 N–H and O–H groups in total. The third kappa shape index (κ3) is 2.37. The quantitative estimate of drug-likeness (QED) is 0.856. The Labute approximate surface area is 112 Å². The van der Waals surface area contributed by atoms with Crippen molar-refractivity contribution >= 4 is 21.2 Å². The van der Waals surface area contributed by atoms with Crippen molar-refractivity contribution in [3.8, 4) is 17.2 Å². The van der Waals surface area contributed by atoms with E-state index in [4.69, 9.17) is 5.26 Å². The van der Waals surface area contributed by atoms with Crippen LogP contribution in [-0.2, 0) is 9.84 Å². The monoisotopic (exact) mass is 299 g/mol. The number of thiophene rings is 1. The van der Waals surface area contributed by atoms with Gasteiger partial charge in [-0.3, -0.25) is 0 Å². The molecule has 0 aliphatic heterocycles. The summed E-state index contributed by atoms with van der Waals surface area (Å²) in [4.78, 5) is 0. The Morgan fingerprint density at radius 1 is 1.26 bits per heavy atom. The number of halogens is 2. The Balaban J connectivity index is 2.80. The number of benzene rings is 1. The Kier molecular flexibility index (Phi) is 3.39. The summed E-state index contributed by atoms with van der Waals surface area (Å²) in [5, 5.41) is 10.3. The van der Waals surface area contributed by atoms with Crippen LogP contribution in [0.25, 0.3) is 11.1 Å². The molecule has 0 bridgehead atoms. The van der Waals surface area contributed by atoms with Crippen LogP contribution in [0.5, 0.6) is 0 Å². The summed E-state index contributed by atoms with van der Waals surface area (Å²) in [6.07, 6.45) is 0.946. The van der Waals surface area contributed by atoms with Gasteiger partial charge in [0.05, 0.1) is 11.1 Å². The fourth-order valence-corrected chi connectivity index (χ4v) is 3.76. The van der Waals surface area contributed by atoms with Crippen LogP contribution in [0.15, 0.2) is 27.8 Å². The van der Waals surface area contributed by atoms with Gasteiger partial charge in [0, 0.05) is 17.2 Å². The predicted molar refractivity (Wildman–Crippen MR) is 67.5 cm³/mol. The van der Waals surface area contributed by atoms with Crippen molar-refractivity contribution in [2.75, 3.05) is 6.26 Å². The molecule has 2 rings (SSSR count). The number of nitriles is 1. The molecule has 98 valence electrons. The van der Waals surface area contributed by atoms with Gasteiger partial charge in [-0.1, -0.05) is 6.07 Å². The molecule has 0 aliphatic carbocycles. The first-order chi connectivity index (χ1) is 8.86. The van der Waals surface area contributed by atoms with Gasteiger partial charge in [-0.2, -0.15) is 5.26 Å². The molecular weight excluding hydrogens is 292 g/mol. The lowest BCUT2D eigenvalue weighted by molar-refractivity contribution is 0.589. The van der Waals surface area contributed by atoms with Crippen molar-refractivity contribution < 1.29 is 17.2 Å². The molecule has 0 fully saturated rings. The first-order valence-corrected chi connectivity index (χ1v) is 7.79. The number of hydrogen-bond donors (Lipinski definition) is 0. The van der Waals surface area contributed by atoms with Crippen molar-refractivity contribution in [3.63, 3.8) is 0 Å². The first kappa shape index (κ1) is 13.6. The van der Waals surface area contributed by atoms with Gasteiger partial charge < -0.3 is 0 Å². The smallest absolute Gasteiger partial charge is 0.186 e. The minimum absolute atomic E-state index is 0.0384. The van der Waals surface area contributed by atoms with Crippen LogP contribution in [0.3, 0.4) is 0 Å². The Morgan fingerprint density at radius 2 is 1.84 bits per heavy atom. The van der Waals surface area contributed by atoms with Gasteiger partial charge in [0.1, 0.15) is 21.9 Å². The van der Waals surface area contributed by atoms with E-state index < -0.39 is 21.5 Å². The van der Waals surface area contributed by atoms with E-state index in [2.05, 4.69) is 0 Å². The summed E-state index contributed by atoms with van der Waals surface area (Å²) < 4.78 is 50.1. The highest BCUT2D eigenvalue weighted by molar-refractivity contribution is 7.92.